The van der Waals surface area contributed by atoms with E-state index in [9.17, 15) is 5.11 Å². The fourth-order valence-corrected chi connectivity index (χ4v) is 2.70. The summed E-state index contributed by atoms with van der Waals surface area (Å²) in [7, 11) is 0. The number of para-hydroxylation sites is 1. The number of nitrogens with one attached hydrogen (secondary N) is 1. The molecule has 0 aliphatic carbocycles. The Balaban J connectivity index is 1.69. The molecule has 3 rings (SSSR count). The van der Waals surface area contributed by atoms with Crippen LogP contribution in [0.1, 0.15) is 17.9 Å². The summed E-state index contributed by atoms with van der Waals surface area (Å²) < 4.78 is 7.38. The summed E-state index contributed by atoms with van der Waals surface area (Å²) in [6.45, 7) is 4.25. The molecular formula is C16H21N3O2. The van der Waals surface area contributed by atoms with E-state index in [0.29, 0.717) is 32.7 Å². The van der Waals surface area contributed by atoms with E-state index in [4.69, 9.17) is 4.74 Å². The van der Waals surface area contributed by atoms with Crippen LogP contribution < -0.4 is 5.32 Å². The average Bonchev–Trinajstić information content (AvgIpc) is 3.07. The summed E-state index contributed by atoms with van der Waals surface area (Å²) in [4.78, 5) is 4.40. The lowest BCUT2D eigenvalue weighted by molar-refractivity contribution is 0.0268. The molecule has 1 unspecified atom stereocenters. The van der Waals surface area contributed by atoms with E-state index in [1.807, 2.05) is 31.3 Å². The second-order valence-electron chi connectivity index (χ2n) is 5.60. The van der Waals surface area contributed by atoms with Crippen LogP contribution in [0, 0.1) is 6.92 Å². The number of hydrogen-bond acceptors (Lipinski definition) is 4. The summed E-state index contributed by atoms with van der Waals surface area (Å²) in [5, 5.41) is 13.6. The predicted octanol–water partition coefficient (Wildman–Crippen LogP) is 1.42. The van der Waals surface area contributed by atoms with Crippen molar-refractivity contribution in [1.82, 2.24) is 14.9 Å². The zero-order chi connectivity index (χ0) is 14.7. The van der Waals surface area contributed by atoms with Crippen molar-refractivity contribution in [2.45, 2.75) is 25.5 Å². The van der Waals surface area contributed by atoms with Gasteiger partial charge in [-0.25, -0.2) is 4.98 Å². The number of rotatable bonds is 5. The minimum absolute atomic E-state index is 0.414. The second kappa shape index (κ2) is 5.97. The molecule has 1 atom stereocenters. The van der Waals surface area contributed by atoms with Gasteiger partial charge in [0.1, 0.15) is 11.4 Å². The molecule has 5 nitrogen and oxygen atoms in total. The van der Waals surface area contributed by atoms with Crippen molar-refractivity contribution in [3.05, 3.63) is 48.0 Å². The number of aliphatic hydroxyl groups is 1. The lowest BCUT2D eigenvalue weighted by atomic mass is 10.0. The van der Waals surface area contributed by atoms with Gasteiger partial charge in [0.15, 0.2) is 0 Å². The Labute approximate surface area is 124 Å². The summed E-state index contributed by atoms with van der Waals surface area (Å²) in [6.07, 6.45) is 2.57. The van der Waals surface area contributed by atoms with Gasteiger partial charge in [-0.3, -0.25) is 4.57 Å². The van der Waals surface area contributed by atoms with Crippen LogP contribution in [-0.4, -0.2) is 40.0 Å². The van der Waals surface area contributed by atoms with E-state index in [2.05, 4.69) is 27.0 Å². The topological polar surface area (TPSA) is 59.3 Å². The van der Waals surface area contributed by atoms with Gasteiger partial charge in [0.2, 0.25) is 0 Å². The summed E-state index contributed by atoms with van der Waals surface area (Å²) in [5.74, 6) is 0.959. The summed E-state index contributed by atoms with van der Waals surface area (Å²) in [6, 6.07) is 10.2. The quantitative estimate of drug-likeness (QED) is 0.873. The first-order chi connectivity index (χ1) is 10.2. The highest BCUT2D eigenvalue weighted by atomic mass is 16.5. The van der Waals surface area contributed by atoms with Crippen molar-refractivity contribution >= 4 is 0 Å². The van der Waals surface area contributed by atoms with Gasteiger partial charge in [-0.15, -0.1) is 0 Å². The molecule has 21 heavy (non-hydrogen) atoms. The van der Waals surface area contributed by atoms with Gasteiger partial charge in [0.05, 0.1) is 18.5 Å². The van der Waals surface area contributed by atoms with Crippen LogP contribution in [0.25, 0.3) is 5.69 Å². The maximum absolute atomic E-state index is 10.3. The normalized spacial score (nSPS) is 21.8. The van der Waals surface area contributed by atoms with Gasteiger partial charge in [0.25, 0.3) is 0 Å². The minimum Gasteiger partial charge on any atom is -0.386 e. The number of benzene rings is 1. The zero-order valence-electron chi connectivity index (χ0n) is 12.2. The third-order valence-electron chi connectivity index (χ3n) is 3.87. The Morgan fingerprint density at radius 1 is 1.38 bits per heavy atom. The van der Waals surface area contributed by atoms with Crippen molar-refractivity contribution in [3.63, 3.8) is 0 Å². The van der Waals surface area contributed by atoms with Gasteiger partial charge in [-0.2, -0.15) is 0 Å². The number of nitrogens with zero attached hydrogens (tertiary/aromatic N) is 2. The first-order valence-electron chi connectivity index (χ1n) is 7.27. The molecule has 0 amide bonds. The van der Waals surface area contributed by atoms with Crippen LogP contribution in [-0.2, 0) is 11.3 Å². The fraction of sp³-hybridized carbons (Fsp3) is 0.438. The third kappa shape index (κ3) is 3.15. The van der Waals surface area contributed by atoms with E-state index < -0.39 is 5.60 Å². The molecule has 2 N–H and O–H groups in total. The lowest BCUT2D eigenvalue weighted by Crippen LogP contribution is -2.41. The molecule has 2 aromatic rings. The Bertz CT molecular complexity index is 589. The molecular weight excluding hydrogens is 266 g/mol. The Kier molecular flexibility index (Phi) is 4.05. The fourth-order valence-electron chi connectivity index (χ4n) is 2.70. The molecule has 1 aromatic carbocycles. The molecule has 0 radical (unpaired) electrons. The monoisotopic (exact) mass is 287 g/mol. The molecule has 1 aromatic heterocycles. The van der Waals surface area contributed by atoms with Gasteiger partial charge >= 0.3 is 0 Å². The molecule has 1 aliphatic heterocycles. The molecule has 5 heteroatoms. The molecule has 112 valence electrons. The van der Waals surface area contributed by atoms with Crippen LogP contribution in [0.5, 0.6) is 0 Å². The van der Waals surface area contributed by atoms with Crippen molar-refractivity contribution in [2.75, 3.05) is 19.8 Å². The standard InChI is InChI=1S/C16H21N3O2/c1-13-18-10-15(19(13)14-5-3-2-4-6-14)9-17-11-16(20)7-8-21-12-16/h2-6,10,17,20H,7-9,11-12H2,1H3. The van der Waals surface area contributed by atoms with Crippen molar-refractivity contribution in [2.24, 2.45) is 0 Å². The molecule has 1 saturated heterocycles. The highest BCUT2D eigenvalue weighted by Crippen LogP contribution is 2.18. The first-order valence-corrected chi connectivity index (χ1v) is 7.27. The van der Waals surface area contributed by atoms with E-state index in [0.717, 1.165) is 17.2 Å². The van der Waals surface area contributed by atoms with Crippen LogP contribution >= 0.6 is 0 Å². The van der Waals surface area contributed by atoms with Crippen LogP contribution in [0.3, 0.4) is 0 Å². The summed E-state index contributed by atoms with van der Waals surface area (Å²) >= 11 is 0. The highest BCUT2D eigenvalue weighted by Gasteiger charge is 2.31. The van der Waals surface area contributed by atoms with Gasteiger partial charge in [-0.05, 0) is 19.1 Å². The lowest BCUT2D eigenvalue weighted by Gasteiger charge is -2.21. The van der Waals surface area contributed by atoms with Gasteiger partial charge in [0, 0.05) is 31.8 Å². The predicted molar refractivity (Wildman–Crippen MR) is 80.4 cm³/mol. The number of ether oxygens (including phenoxy) is 1. The van der Waals surface area contributed by atoms with Crippen LogP contribution in [0.2, 0.25) is 0 Å². The van der Waals surface area contributed by atoms with Crippen molar-refractivity contribution < 1.29 is 9.84 Å². The van der Waals surface area contributed by atoms with E-state index in [1.54, 1.807) is 0 Å². The number of hydrogen-bond donors (Lipinski definition) is 2. The maximum atomic E-state index is 10.3. The Hall–Kier alpha value is -1.69. The third-order valence-corrected chi connectivity index (χ3v) is 3.87. The SMILES string of the molecule is Cc1ncc(CNCC2(O)CCOC2)n1-c1ccccc1. The first kappa shape index (κ1) is 14.3. The van der Waals surface area contributed by atoms with E-state index >= 15 is 0 Å². The van der Waals surface area contributed by atoms with Gasteiger partial charge < -0.3 is 15.2 Å². The number of imidazole rings is 1. The Morgan fingerprint density at radius 2 is 2.19 bits per heavy atom. The van der Waals surface area contributed by atoms with Crippen LogP contribution in [0.15, 0.2) is 36.5 Å². The molecule has 0 spiro atoms. The van der Waals surface area contributed by atoms with Crippen molar-refractivity contribution in [1.29, 1.82) is 0 Å². The molecule has 0 saturated carbocycles. The van der Waals surface area contributed by atoms with E-state index in [-0.39, 0.29) is 0 Å². The Morgan fingerprint density at radius 3 is 2.90 bits per heavy atom. The number of aryl methyl sites for hydroxylation is 1. The molecule has 1 aliphatic rings. The second-order valence-corrected chi connectivity index (χ2v) is 5.60. The minimum atomic E-state index is -0.730. The molecule has 1 fully saturated rings. The summed E-state index contributed by atoms with van der Waals surface area (Å²) in [5.41, 5.74) is 1.46. The van der Waals surface area contributed by atoms with E-state index in [1.165, 1.54) is 0 Å². The maximum Gasteiger partial charge on any atom is 0.110 e. The molecule has 2 heterocycles. The largest absolute Gasteiger partial charge is 0.386 e. The smallest absolute Gasteiger partial charge is 0.110 e. The zero-order valence-corrected chi connectivity index (χ0v) is 12.2. The number of aromatic nitrogens is 2. The van der Waals surface area contributed by atoms with Gasteiger partial charge in [-0.1, -0.05) is 18.2 Å². The van der Waals surface area contributed by atoms with Crippen molar-refractivity contribution in [3.8, 4) is 5.69 Å². The molecule has 0 bridgehead atoms. The average molecular weight is 287 g/mol. The highest BCUT2D eigenvalue weighted by molar-refractivity contribution is 5.35. The van der Waals surface area contributed by atoms with Crippen LogP contribution in [0.4, 0.5) is 0 Å².